The van der Waals surface area contributed by atoms with Crippen LogP contribution in [-0.4, -0.2) is 24.8 Å². The first-order chi connectivity index (χ1) is 9.64. The number of aliphatic carboxylic acids is 1. The Morgan fingerprint density at radius 3 is 2.38 bits per heavy atom. The monoisotopic (exact) mass is 313 g/mol. The summed E-state index contributed by atoms with van der Waals surface area (Å²) in [4.78, 5) is 11.1. The smallest absolute Gasteiger partial charge is 0.305 e. The summed E-state index contributed by atoms with van der Waals surface area (Å²) in [5.41, 5.74) is 6.89. The lowest BCUT2D eigenvalue weighted by Crippen LogP contribution is -2.38. The maximum absolute atomic E-state index is 11.1. The number of ether oxygens (including phenoxy) is 1. The summed E-state index contributed by atoms with van der Waals surface area (Å²) in [5.74, 6) is -0.919. The summed E-state index contributed by atoms with van der Waals surface area (Å²) < 4.78 is 5.25. The fourth-order valence-electron chi connectivity index (χ4n) is 2.41. The predicted molar refractivity (Wildman–Crippen MR) is 84.8 cm³/mol. The third kappa shape index (κ3) is 4.43. The standard InChI is InChI=1S/C16H24ClNO3/c1-5-16(18,9-14(19)20)12-6-11(7-13(17)8-12)15(2,3)10-21-4/h6-8H,5,9-10,18H2,1-4H3,(H,19,20). The van der Waals surface area contributed by atoms with E-state index in [0.29, 0.717) is 18.1 Å². The van der Waals surface area contributed by atoms with E-state index in [2.05, 4.69) is 0 Å². The highest BCUT2D eigenvalue weighted by atomic mass is 35.5. The topological polar surface area (TPSA) is 72.6 Å². The molecular formula is C16H24ClNO3. The van der Waals surface area contributed by atoms with Gasteiger partial charge in [0.15, 0.2) is 0 Å². The highest BCUT2D eigenvalue weighted by Crippen LogP contribution is 2.33. The van der Waals surface area contributed by atoms with Gasteiger partial charge in [0.2, 0.25) is 0 Å². The molecule has 0 aliphatic heterocycles. The average Bonchev–Trinajstić information content (AvgIpc) is 2.37. The molecule has 0 fully saturated rings. The van der Waals surface area contributed by atoms with Crippen LogP contribution in [0.4, 0.5) is 0 Å². The minimum atomic E-state index is -0.922. The van der Waals surface area contributed by atoms with Crippen molar-refractivity contribution in [1.82, 2.24) is 0 Å². The summed E-state index contributed by atoms with van der Waals surface area (Å²) in [5, 5.41) is 9.65. The molecule has 0 bridgehead atoms. The Balaban J connectivity index is 3.32. The fraction of sp³-hybridized carbons (Fsp3) is 0.562. The number of carbonyl (C=O) groups is 1. The zero-order valence-electron chi connectivity index (χ0n) is 13.1. The van der Waals surface area contributed by atoms with Crippen molar-refractivity contribution in [1.29, 1.82) is 0 Å². The van der Waals surface area contributed by atoms with Crippen molar-refractivity contribution in [3.8, 4) is 0 Å². The van der Waals surface area contributed by atoms with E-state index in [1.165, 1.54) is 0 Å². The molecule has 1 aromatic rings. The van der Waals surface area contributed by atoms with Gasteiger partial charge in [-0.05, 0) is 29.7 Å². The van der Waals surface area contributed by atoms with Gasteiger partial charge in [0.1, 0.15) is 0 Å². The Morgan fingerprint density at radius 1 is 1.33 bits per heavy atom. The van der Waals surface area contributed by atoms with Crippen molar-refractivity contribution >= 4 is 17.6 Å². The van der Waals surface area contributed by atoms with Crippen molar-refractivity contribution in [3.63, 3.8) is 0 Å². The van der Waals surface area contributed by atoms with Gasteiger partial charge in [-0.2, -0.15) is 0 Å². The summed E-state index contributed by atoms with van der Waals surface area (Å²) >= 11 is 6.21. The first-order valence-electron chi connectivity index (χ1n) is 6.96. The molecule has 0 aromatic heterocycles. The van der Waals surface area contributed by atoms with Crippen LogP contribution in [-0.2, 0) is 20.5 Å². The molecule has 0 spiro atoms. The molecule has 5 heteroatoms. The van der Waals surface area contributed by atoms with E-state index >= 15 is 0 Å². The number of carboxylic acids is 1. The quantitative estimate of drug-likeness (QED) is 0.810. The van der Waals surface area contributed by atoms with Crippen molar-refractivity contribution < 1.29 is 14.6 Å². The van der Waals surface area contributed by atoms with Gasteiger partial charge < -0.3 is 15.6 Å². The lowest BCUT2D eigenvalue weighted by molar-refractivity contribution is -0.138. The second-order valence-electron chi connectivity index (χ2n) is 6.13. The maximum atomic E-state index is 11.1. The van der Waals surface area contributed by atoms with E-state index < -0.39 is 11.5 Å². The Kier molecular flexibility index (Phi) is 5.79. The van der Waals surface area contributed by atoms with Crippen LogP contribution in [0.15, 0.2) is 18.2 Å². The molecule has 0 saturated heterocycles. The van der Waals surface area contributed by atoms with Gasteiger partial charge in [-0.3, -0.25) is 4.79 Å². The van der Waals surface area contributed by atoms with Crippen LogP contribution in [0.1, 0.15) is 44.7 Å². The van der Waals surface area contributed by atoms with Gasteiger partial charge in [-0.15, -0.1) is 0 Å². The van der Waals surface area contributed by atoms with Gasteiger partial charge >= 0.3 is 5.97 Å². The van der Waals surface area contributed by atoms with Gasteiger partial charge in [0.05, 0.1) is 18.6 Å². The molecule has 21 heavy (non-hydrogen) atoms. The molecule has 1 rings (SSSR count). The van der Waals surface area contributed by atoms with Crippen LogP contribution >= 0.6 is 11.6 Å². The van der Waals surface area contributed by atoms with Gasteiger partial charge in [0, 0.05) is 17.5 Å². The molecule has 1 atom stereocenters. The Labute approximate surface area is 131 Å². The summed E-state index contributed by atoms with van der Waals surface area (Å²) in [6.07, 6.45) is 0.387. The van der Waals surface area contributed by atoms with Crippen LogP contribution in [0, 0.1) is 0 Å². The van der Waals surface area contributed by atoms with Crippen molar-refractivity contribution in [3.05, 3.63) is 34.3 Å². The number of carboxylic acid groups (broad SMARTS) is 1. The number of benzene rings is 1. The lowest BCUT2D eigenvalue weighted by Gasteiger charge is -2.31. The highest BCUT2D eigenvalue weighted by molar-refractivity contribution is 6.30. The minimum absolute atomic E-state index is 0.131. The molecule has 4 nitrogen and oxygen atoms in total. The number of rotatable bonds is 7. The van der Waals surface area contributed by atoms with Crippen LogP contribution in [0.25, 0.3) is 0 Å². The zero-order chi connectivity index (χ0) is 16.3. The van der Waals surface area contributed by atoms with Crippen molar-refractivity contribution in [2.24, 2.45) is 5.73 Å². The Bertz CT molecular complexity index is 516. The summed E-state index contributed by atoms with van der Waals surface area (Å²) in [7, 11) is 1.65. The average molecular weight is 314 g/mol. The lowest BCUT2D eigenvalue weighted by atomic mass is 9.79. The second-order valence-corrected chi connectivity index (χ2v) is 6.56. The number of hydrogen-bond donors (Lipinski definition) is 2. The summed E-state index contributed by atoms with van der Waals surface area (Å²) in [6.45, 7) is 6.51. The van der Waals surface area contributed by atoms with E-state index in [4.69, 9.17) is 27.2 Å². The third-order valence-electron chi connectivity index (χ3n) is 3.86. The second kappa shape index (κ2) is 6.77. The molecule has 0 aliphatic carbocycles. The Morgan fingerprint density at radius 2 is 1.90 bits per heavy atom. The van der Waals surface area contributed by atoms with Crippen molar-refractivity contribution in [2.75, 3.05) is 13.7 Å². The molecule has 1 unspecified atom stereocenters. The van der Waals surface area contributed by atoms with Gasteiger partial charge in [-0.25, -0.2) is 0 Å². The first-order valence-corrected chi connectivity index (χ1v) is 7.33. The normalized spacial score (nSPS) is 14.8. The predicted octanol–water partition coefficient (Wildman–Crippen LogP) is 3.30. The zero-order valence-corrected chi connectivity index (χ0v) is 13.8. The third-order valence-corrected chi connectivity index (χ3v) is 4.08. The molecular weight excluding hydrogens is 290 g/mol. The minimum Gasteiger partial charge on any atom is -0.481 e. The number of hydrogen-bond acceptors (Lipinski definition) is 3. The van der Waals surface area contributed by atoms with E-state index in [1.807, 2.05) is 32.9 Å². The fourth-order valence-corrected chi connectivity index (χ4v) is 2.65. The van der Waals surface area contributed by atoms with E-state index in [0.717, 1.165) is 11.1 Å². The Hall–Kier alpha value is -1.10. The SMILES string of the molecule is CCC(N)(CC(=O)O)c1cc(Cl)cc(C(C)(C)COC)c1. The summed E-state index contributed by atoms with van der Waals surface area (Å²) in [6, 6.07) is 5.57. The van der Waals surface area contributed by atoms with Gasteiger partial charge in [-0.1, -0.05) is 38.4 Å². The number of halogens is 1. The maximum Gasteiger partial charge on any atom is 0.305 e. The molecule has 1 aromatic carbocycles. The van der Waals surface area contributed by atoms with E-state index in [-0.39, 0.29) is 11.8 Å². The van der Waals surface area contributed by atoms with Crippen LogP contribution in [0.5, 0.6) is 0 Å². The van der Waals surface area contributed by atoms with Crippen LogP contribution in [0.3, 0.4) is 0 Å². The molecule has 0 amide bonds. The van der Waals surface area contributed by atoms with E-state index in [1.54, 1.807) is 13.2 Å². The molecule has 0 radical (unpaired) electrons. The largest absolute Gasteiger partial charge is 0.481 e. The number of nitrogens with two attached hydrogens (primary N) is 1. The van der Waals surface area contributed by atoms with Gasteiger partial charge in [0.25, 0.3) is 0 Å². The van der Waals surface area contributed by atoms with Crippen molar-refractivity contribution in [2.45, 2.75) is 44.6 Å². The highest BCUT2D eigenvalue weighted by Gasteiger charge is 2.31. The first kappa shape index (κ1) is 18.0. The van der Waals surface area contributed by atoms with E-state index in [9.17, 15) is 4.79 Å². The molecule has 118 valence electrons. The number of methoxy groups -OCH3 is 1. The molecule has 3 N–H and O–H groups in total. The van der Waals surface area contributed by atoms with Crippen LogP contribution in [0.2, 0.25) is 5.02 Å². The van der Waals surface area contributed by atoms with Crippen LogP contribution < -0.4 is 5.73 Å². The molecule has 0 aliphatic rings. The molecule has 0 saturated carbocycles. The molecule has 0 heterocycles.